The van der Waals surface area contributed by atoms with Crippen molar-refractivity contribution in [2.24, 2.45) is 0 Å². The van der Waals surface area contributed by atoms with E-state index in [1.807, 2.05) is 66.7 Å². The Labute approximate surface area is 233 Å². The molecule has 1 fully saturated rings. The Bertz CT molecular complexity index is 1340. The van der Waals surface area contributed by atoms with E-state index in [-0.39, 0.29) is 0 Å². The molecule has 0 bridgehead atoms. The Kier molecular flexibility index (Phi) is 9.07. The van der Waals surface area contributed by atoms with Crippen LogP contribution in [0.2, 0.25) is 0 Å². The minimum atomic E-state index is 0.353. The van der Waals surface area contributed by atoms with Crippen LogP contribution in [0.15, 0.2) is 73.1 Å². The molecule has 0 atom stereocenters. The highest BCUT2D eigenvalue weighted by Gasteiger charge is 2.17. The van der Waals surface area contributed by atoms with Gasteiger partial charge in [0.1, 0.15) is 24.4 Å². The van der Waals surface area contributed by atoms with Gasteiger partial charge in [-0.1, -0.05) is 18.2 Å². The fraction of sp³-hybridized carbons (Fsp3) is 0.276. The van der Waals surface area contributed by atoms with E-state index in [4.69, 9.17) is 23.7 Å². The van der Waals surface area contributed by atoms with Gasteiger partial charge < -0.3 is 34.3 Å². The molecule has 0 amide bonds. The molecule has 4 aromatic rings. The topological polar surface area (TPSA) is 112 Å². The molecule has 5 rings (SSSR count). The largest absolute Gasteiger partial charge is 0.493 e. The summed E-state index contributed by atoms with van der Waals surface area (Å²) in [6.07, 6.45) is 1.43. The lowest BCUT2D eigenvalue weighted by Crippen LogP contribution is -2.38. The Balaban J connectivity index is 1.22. The molecule has 1 aliphatic heterocycles. The first-order valence-electron chi connectivity index (χ1n) is 12.9. The van der Waals surface area contributed by atoms with Crippen LogP contribution < -0.4 is 29.6 Å². The zero-order valence-corrected chi connectivity index (χ0v) is 22.5. The molecule has 1 aromatic heterocycles. The first-order valence-corrected chi connectivity index (χ1v) is 12.9. The third kappa shape index (κ3) is 7.28. The Hall–Kier alpha value is -4.61. The van der Waals surface area contributed by atoms with Gasteiger partial charge in [-0.25, -0.2) is 9.97 Å². The number of para-hydroxylation sites is 1. The van der Waals surface area contributed by atoms with Crippen LogP contribution in [0.25, 0.3) is 0 Å². The van der Waals surface area contributed by atoms with E-state index in [0.717, 1.165) is 50.0 Å². The molecule has 0 radical (unpaired) electrons. The summed E-state index contributed by atoms with van der Waals surface area (Å²) in [5.41, 5.74) is 1.48. The molecule has 0 aliphatic carbocycles. The standard InChI is InChI=1S/C29H32N6O5/c1-36-25-18-22(19-26(37-2)27(25)39-17-14-35-12-15-38-16-13-35)33-29-31-20-30-28(34-29)32-21-8-10-24(11-9-21)40-23-6-4-3-5-7-23/h3-11,18-20H,12-17H2,1-2H3,(H2,30,31,32,33,34). The highest BCUT2D eigenvalue weighted by atomic mass is 16.5. The number of nitrogens with one attached hydrogen (secondary N) is 2. The summed E-state index contributed by atoms with van der Waals surface area (Å²) in [5, 5.41) is 6.38. The first-order chi connectivity index (χ1) is 19.7. The van der Waals surface area contributed by atoms with Crippen molar-refractivity contribution >= 4 is 23.3 Å². The van der Waals surface area contributed by atoms with E-state index in [1.54, 1.807) is 14.2 Å². The minimum absolute atomic E-state index is 0.353. The smallest absolute Gasteiger partial charge is 0.232 e. The van der Waals surface area contributed by atoms with Crippen molar-refractivity contribution < 1.29 is 23.7 Å². The minimum Gasteiger partial charge on any atom is -0.493 e. The highest BCUT2D eigenvalue weighted by molar-refractivity contribution is 5.66. The zero-order chi connectivity index (χ0) is 27.6. The summed E-state index contributed by atoms with van der Waals surface area (Å²) in [6, 6.07) is 20.8. The number of morpholine rings is 1. The molecule has 1 aliphatic rings. The zero-order valence-electron chi connectivity index (χ0n) is 22.5. The quantitative estimate of drug-likeness (QED) is 0.254. The van der Waals surface area contributed by atoms with Crippen molar-refractivity contribution in [3.63, 3.8) is 0 Å². The predicted octanol–water partition coefficient (Wildman–Crippen LogP) is 4.88. The number of rotatable bonds is 12. The van der Waals surface area contributed by atoms with Crippen LogP contribution >= 0.6 is 0 Å². The molecule has 208 valence electrons. The second-order valence-corrected chi connectivity index (χ2v) is 8.83. The summed E-state index contributed by atoms with van der Waals surface area (Å²) >= 11 is 0. The highest BCUT2D eigenvalue weighted by Crippen LogP contribution is 2.40. The number of aromatic nitrogens is 3. The Morgan fingerprint density at radius 1 is 0.800 bits per heavy atom. The Morgan fingerprint density at radius 2 is 1.43 bits per heavy atom. The predicted molar refractivity (Wildman–Crippen MR) is 152 cm³/mol. The average molecular weight is 545 g/mol. The van der Waals surface area contributed by atoms with Crippen LogP contribution in [0.4, 0.5) is 23.3 Å². The molecule has 0 saturated carbocycles. The summed E-state index contributed by atoms with van der Waals surface area (Å²) in [5.74, 6) is 3.86. The number of nitrogens with zero attached hydrogens (tertiary/aromatic N) is 4. The first kappa shape index (κ1) is 27.0. The molecule has 3 aromatic carbocycles. The summed E-state index contributed by atoms with van der Waals surface area (Å²) < 4.78 is 28.5. The number of ether oxygens (including phenoxy) is 5. The molecule has 0 unspecified atom stereocenters. The van der Waals surface area contributed by atoms with Crippen molar-refractivity contribution in [3.8, 4) is 28.7 Å². The second-order valence-electron chi connectivity index (χ2n) is 8.83. The van der Waals surface area contributed by atoms with E-state index in [1.165, 1.54) is 6.33 Å². The molecule has 1 saturated heterocycles. The molecule has 11 heteroatoms. The lowest BCUT2D eigenvalue weighted by atomic mass is 10.2. The monoisotopic (exact) mass is 544 g/mol. The maximum Gasteiger partial charge on any atom is 0.232 e. The van der Waals surface area contributed by atoms with Gasteiger partial charge in [0.05, 0.1) is 27.4 Å². The van der Waals surface area contributed by atoms with Gasteiger partial charge in [-0.2, -0.15) is 4.98 Å². The van der Waals surface area contributed by atoms with Crippen molar-refractivity contribution in [1.29, 1.82) is 0 Å². The SMILES string of the molecule is COc1cc(Nc2ncnc(Nc3ccc(Oc4ccccc4)cc3)n2)cc(OC)c1OCCN1CCOCC1. The van der Waals surface area contributed by atoms with Gasteiger partial charge >= 0.3 is 0 Å². The van der Waals surface area contributed by atoms with Crippen LogP contribution in [0.5, 0.6) is 28.7 Å². The normalized spacial score (nSPS) is 13.3. The van der Waals surface area contributed by atoms with E-state index in [0.29, 0.717) is 41.4 Å². The second kappa shape index (κ2) is 13.5. The van der Waals surface area contributed by atoms with Crippen molar-refractivity contribution in [2.75, 3.05) is 64.3 Å². The van der Waals surface area contributed by atoms with Crippen LogP contribution in [0.3, 0.4) is 0 Å². The summed E-state index contributed by atoms with van der Waals surface area (Å²) in [4.78, 5) is 15.3. The van der Waals surface area contributed by atoms with Crippen molar-refractivity contribution in [3.05, 3.63) is 73.1 Å². The number of benzene rings is 3. The van der Waals surface area contributed by atoms with Gasteiger partial charge in [-0.3, -0.25) is 4.90 Å². The van der Waals surface area contributed by atoms with Gasteiger partial charge in [-0.05, 0) is 36.4 Å². The van der Waals surface area contributed by atoms with E-state index in [2.05, 4.69) is 30.5 Å². The van der Waals surface area contributed by atoms with Crippen molar-refractivity contribution in [1.82, 2.24) is 19.9 Å². The molecule has 2 N–H and O–H groups in total. The average Bonchev–Trinajstić information content (AvgIpc) is 3.00. The van der Waals surface area contributed by atoms with E-state index in [9.17, 15) is 0 Å². The molecular formula is C29H32N6O5. The molecule has 0 spiro atoms. The maximum absolute atomic E-state index is 6.06. The van der Waals surface area contributed by atoms with Gasteiger partial charge in [0.15, 0.2) is 11.5 Å². The number of anilines is 4. The van der Waals surface area contributed by atoms with Crippen LogP contribution in [0, 0.1) is 0 Å². The van der Waals surface area contributed by atoms with Gasteiger partial charge in [-0.15, -0.1) is 0 Å². The molecule has 2 heterocycles. The van der Waals surface area contributed by atoms with Crippen molar-refractivity contribution in [2.45, 2.75) is 0 Å². The molecule has 40 heavy (non-hydrogen) atoms. The third-order valence-electron chi connectivity index (χ3n) is 6.14. The fourth-order valence-electron chi connectivity index (χ4n) is 4.10. The lowest BCUT2D eigenvalue weighted by Gasteiger charge is -2.26. The molecular weight excluding hydrogens is 512 g/mol. The third-order valence-corrected chi connectivity index (χ3v) is 6.14. The number of hydrogen-bond acceptors (Lipinski definition) is 11. The van der Waals surface area contributed by atoms with Gasteiger partial charge in [0, 0.05) is 43.1 Å². The molecule has 11 nitrogen and oxygen atoms in total. The van der Waals surface area contributed by atoms with E-state index >= 15 is 0 Å². The van der Waals surface area contributed by atoms with Crippen LogP contribution in [-0.2, 0) is 4.74 Å². The van der Waals surface area contributed by atoms with E-state index < -0.39 is 0 Å². The number of methoxy groups -OCH3 is 2. The fourth-order valence-corrected chi connectivity index (χ4v) is 4.10. The van der Waals surface area contributed by atoms with Crippen LogP contribution in [-0.4, -0.2) is 73.5 Å². The van der Waals surface area contributed by atoms with Gasteiger partial charge in [0.2, 0.25) is 17.6 Å². The van der Waals surface area contributed by atoms with Crippen LogP contribution in [0.1, 0.15) is 0 Å². The maximum atomic E-state index is 6.06. The Morgan fingerprint density at radius 3 is 2.08 bits per heavy atom. The van der Waals surface area contributed by atoms with Gasteiger partial charge in [0.25, 0.3) is 0 Å². The lowest BCUT2D eigenvalue weighted by molar-refractivity contribution is 0.0319. The number of hydrogen-bond donors (Lipinski definition) is 2. The summed E-state index contributed by atoms with van der Waals surface area (Å²) in [6.45, 7) is 4.59. The summed E-state index contributed by atoms with van der Waals surface area (Å²) in [7, 11) is 3.18.